The summed E-state index contributed by atoms with van der Waals surface area (Å²) in [7, 11) is 0. The molecule has 2 fully saturated rings. The molecule has 1 saturated heterocycles. The number of carboxylic acid groups (broad SMARTS) is 1. The predicted octanol–water partition coefficient (Wildman–Crippen LogP) is 0.398. The molecule has 19 heavy (non-hydrogen) atoms. The minimum Gasteiger partial charge on any atom is -0.480 e. The molecule has 0 bridgehead atoms. The summed E-state index contributed by atoms with van der Waals surface area (Å²) in [6.45, 7) is 0.897. The molecule has 0 aromatic carbocycles. The van der Waals surface area contributed by atoms with Crippen molar-refractivity contribution in [2.75, 3.05) is 13.2 Å². The smallest absolute Gasteiger partial charge is 0.329 e. The number of ether oxygens (including phenoxy) is 1. The van der Waals surface area contributed by atoms with Crippen LogP contribution in [-0.4, -0.2) is 41.3 Å². The summed E-state index contributed by atoms with van der Waals surface area (Å²) in [5.74, 6) is -1.30. The highest BCUT2D eigenvalue weighted by atomic mass is 16.5. The molecule has 108 valence electrons. The van der Waals surface area contributed by atoms with Crippen LogP contribution in [0.5, 0.6) is 0 Å². The van der Waals surface area contributed by atoms with Gasteiger partial charge in [-0.05, 0) is 25.7 Å². The SMILES string of the molecule is NC1(C(=O)NC2(C(=O)O)CCCCC2)CCOCC1. The quantitative estimate of drug-likeness (QED) is 0.689. The van der Waals surface area contributed by atoms with Gasteiger partial charge in [-0.15, -0.1) is 0 Å². The minimum atomic E-state index is -1.12. The molecule has 1 saturated carbocycles. The van der Waals surface area contributed by atoms with Gasteiger partial charge in [0.05, 0.1) is 5.54 Å². The van der Waals surface area contributed by atoms with Gasteiger partial charge >= 0.3 is 5.97 Å². The molecule has 1 aliphatic carbocycles. The Kier molecular flexibility index (Phi) is 4.10. The zero-order chi connectivity index (χ0) is 13.9. The Morgan fingerprint density at radius 2 is 1.63 bits per heavy atom. The van der Waals surface area contributed by atoms with E-state index in [-0.39, 0.29) is 5.91 Å². The van der Waals surface area contributed by atoms with Gasteiger partial charge in [0.2, 0.25) is 5.91 Å². The van der Waals surface area contributed by atoms with Crippen molar-refractivity contribution >= 4 is 11.9 Å². The number of carbonyl (C=O) groups excluding carboxylic acids is 1. The Morgan fingerprint density at radius 3 is 2.16 bits per heavy atom. The minimum absolute atomic E-state index is 0.347. The molecule has 6 heteroatoms. The van der Waals surface area contributed by atoms with E-state index in [1.807, 2.05) is 0 Å². The van der Waals surface area contributed by atoms with Crippen molar-refractivity contribution in [1.82, 2.24) is 5.32 Å². The van der Waals surface area contributed by atoms with Crippen molar-refractivity contribution in [1.29, 1.82) is 0 Å². The fourth-order valence-electron chi connectivity index (χ4n) is 2.85. The number of nitrogens with two attached hydrogens (primary N) is 1. The van der Waals surface area contributed by atoms with E-state index in [0.29, 0.717) is 38.9 Å². The van der Waals surface area contributed by atoms with Gasteiger partial charge in [0.15, 0.2) is 0 Å². The lowest BCUT2D eigenvalue weighted by Crippen LogP contribution is -2.64. The third kappa shape index (κ3) is 2.90. The summed E-state index contributed by atoms with van der Waals surface area (Å²) in [6, 6.07) is 0. The van der Waals surface area contributed by atoms with Crippen LogP contribution in [0.2, 0.25) is 0 Å². The largest absolute Gasteiger partial charge is 0.480 e. The third-order valence-corrected chi connectivity index (χ3v) is 4.31. The average Bonchev–Trinajstić information content (AvgIpc) is 2.40. The standard InChI is InChI=1S/C13H22N2O4/c14-12(6-8-19-9-7-12)10(16)15-13(11(17)18)4-2-1-3-5-13/h1-9,14H2,(H,15,16)(H,17,18). The van der Waals surface area contributed by atoms with Crippen molar-refractivity contribution in [3.05, 3.63) is 0 Å². The maximum atomic E-state index is 12.3. The predicted molar refractivity (Wildman–Crippen MR) is 68.6 cm³/mol. The fraction of sp³-hybridized carbons (Fsp3) is 0.846. The molecule has 0 radical (unpaired) electrons. The molecule has 0 aromatic rings. The topological polar surface area (TPSA) is 102 Å². The molecule has 0 atom stereocenters. The van der Waals surface area contributed by atoms with Gasteiger partial charge in [-0.3, -0.25) is 4.79 Å². The molecule has 0 aromatic heterocycles. The van der Waals surface area contributed by atoms with Crippen LogP contribution in [0, 0.1) is 0 Å². The number of amides is 1. The zero-order valence-electron chi connectivity index (χ0n) is 11.1. The van der Waals surface area contributed by atoms with Crippen LogP contribution in [0.1, 0.15) is 44.9 Å². The Hall–Kier alpha value is -1.14. The first-order chi connectivity index (χ1) is 8.99. The lowest BCUT2D eigenvalue weighted by molar-refractivity contribution is -0.151. The highest BCUT2D eigenvalue weighted by Crippen LogP contribution is 2.30. The van der Waals surface area contributed by atoms with E-state index < -0.39 is 17.0 Å². The van der Waals surface area contributed by atoms with Crippen molar-refractivity contribution < 1.29 is 19.4 Å². The molecular weight excluding hydrogens is 248 g/mol. The molecule has 0 spiro atoms. The highest BCUT2D eigenvalue weighted by Gasteiger charge is 2.45. The molecule has 4 N–H and O–H groups in total. The Labute approximate surface area is 112 Å². The molecule has 6 nitrogen and oxygen atoms in total. The van der Waals surface area contributed by atoms with Crippen molar-refractivity contribution in [3.8, 4) is 0 Å². The number of rotatable bonds is 3. The van der Waals surface area contributed by atoms with Gasteiger partial charge in [0.25, 0.3) is 0 Å². The normalized spacial score (nSPS) is 25.5. The van der Waals surface area contributed by atoms with Gasteiger partial charge < -0.3 is 20.9 Å². The monoisotopic (exact) mass is 270 g/mol. The summed E-state index contributed by atoms with van der Waals surface area (Å²) in [5, 5.41) is 12.2. The lowest BCUT2D eigenvalue weighted by atomic mass is 9.80. The summed E-state index contributed by atoms with van der Waals surface area (Å²) < 4.78 is 5.20. The van der Waals surface area contributed by atoms with Crippen LogP contribution in [0.4, 0.5) is 0 Å². The summed E-state index contributed by atoms with van der Waals surface area (Å²) in [6.07, 6.45) is 4.53. The first-order valence-electron chi connectivity index (χ1n) is 6.91. The molecule has 2 rings (SSSR count). The number of hydrogen-bond donors (Lipinski definition) is 3. The third-order valence-electron chi connectivity index (χ3n) is 4.31. The number of nitrogens with one attached hydrogen (secondary N) is 1. The maximum Gasteiger partial charge on any atom is 0.329 e. The molecule has 2 aliphatic rings. The van der Waals surface area contributed by atoms with Crippen LogP contribution in [-0.2, 0) is 14.3 Å². The van der Waals surface area contributed by atoms with Crippen LogP contribution < -0.4 is 11.1 Å². The maximum absolute atomic E-state index is 12.3. The van der Waals surface area contributed by atoms with Gasteiger partial charge in [-0.2, -0.15) is 0 Å². The number of carboxylic acids is 1. The van der Waals surface area contributed by atoms with Crippen LogP contribution in [0.3, 0.4) is 0 Å². The van der Waals surface area contributed by atoms with Gasteiger partial charge in [0, 0.05) is 13.2 Å². The molecule has 1 heterocycles. The van der Waals surface area contributed by atoms with Gasteiger partial charge in [0.1, 0.15) is 5.54 Å². The number of hydrogen-bond acceptors (Lipinski definition) is 4. The van der Waals surface area contributed by atoms with E-state index in [0.717, 1.165) is 19.3 Å². The molecular formula is C13H22N2O4. The fourth-order valence-corrected chi connectivity index (χ4v) is 2.85. The van der Waals surface area contributed by atoms with E-state index in [2.05, 4.69) is 5.32 Å². The second kappa shape index (κ2) is 5.46. The number of aliphatic carboxylic acids is 1. The summed E-state index contributed by atoms with van der Waals surface area (Å²) in [5.41, 5.74) is 3.98. The van der Waals surface area contributed by atoms with Crippen LogP contribution in [0.25, 0.3) is 0 Å². The van der Waals surface area contributed by atoms with Gasteiger partial charge in [-0.1, -0.05) is 19.3 Å². The molecule has 1 amide bonds. The van der Waals surface area contributed by atoms with Crippen molar-refractivity contribution in [2.45, 2.75) is 56.0 Å². The Morgan fingerprint density at radius 1 is 1.05 bits per heavy atom. The van der Waals surface area contributed by atoms with E-state index in [9.17, 15) is 14.7 Å². The van der Waals surface area contributed by atoms with E-state index in [1.165, 1.54) is 0 Å². The highest BCUT2D eigenvalue weighted by molar-refractivity contribution is 5.92. The van der Waals surface area contributed by atoms with E-state index in [4.69, 9.17) is 10.5 Å². The first kappa shape index (κ1) is 14.3. The second-order valence-electron chi connectivity index (χ2n) is 5.67. The van der Waals surface area contributed by atoms with Crippen LogP contribution >= 0.6 is 0 Å². The molecule has 0 unspecified atom stereocenters. The van der Waals surface area contributed by atoms with Crippen LogP contribution in [0.15, 0.2) is 0 Å². The molecule has 1 aliphatic heterocycles. The Balaban J connectivity index is 2.08. The average molecular weight is 270 g/mol. The Bertz CT molecular complexity index is 358. The van der Waals surface area contributed by atoms with E-state index in [1.54, 1.807) is 0 Å². The van der Waals surface area contributed by atoms with Gasteiger partial charge in [-0.25, -0.2) is 4.79 Å². The number of carbonyl (C=O) groups is 2. The zero-order valence-corrected chi connectivity index (χ0v) is 11.1. The summed E-state index contributed by atoms with van der Waals surface area (Å²) >= 11 is 0. The van der Waals surface area contributed by atoms with Crippen molar-refractivity contribution in [2.24, 2.45) is 5.73 Å². The first-order valence-corrected chi connectivity index (χ1v) is 6.91. The second-order valence-corrected chi connectivity index (χ2v) is 5.67. The van der Waals surface area contributed by atoms with E-state index >= 15 is 0 Å². The van der Waals surface area contributed by atoms with Crippen molar-refractivity contribution in [3.63, 3.8) is 0 Å². The summed E-state index contributed by atoms with van der Waals surface area (Å²) in [4.78, 5) is 23.9. The lowest BCUT2D eigenvalue weighted by Gasteiger charge is -2.39.